The van der Waals surface area contributed by atoms with E-state index >= 15 is 0 Å². The minimum atomic E-state index is -1.50. The third kappa shape index (κ3) is 12.6. The maximum atomic E-state index is 8.76. The normalized spacial score (nSPS) is 26.8. The molecule has 1 aliphatic rings. The summed E-state index contributed by atoms with van der Waals surface area (Å²) in [6.45, 7) is 0.134. The Bertz CT molecular complexity index is 196. The molecule has 0 bridgehead atoms. The monoisotopic (exact) mass is 264 g/mol. The molecule has 1 rings (SSSR count). The molecule has 0 saturated carbocycles. The van der Waals surface area contributed by atoms with Crippen LogP contribution in [0.5, 0.6) is 0 Å². The van der Waals surface area contributed by atoms with Crippen molar-refractivity contribution < 1.29 is 35.5 Å². The summed E-state index contributed by atoms with van der Waals surface area (Å²) in [5.74, 6) is 0. The zero-order valence-electron chi connectivity index (χ0n) is 7.54. The molecular weight excluding hydrogens is 256 g/mol. The maximum Gasteiger partial charge on any atom is 0.291 e. The minimum absolute atomic E-state index is 0.134. The quantitative estimate of drug-likeness (QED) is 0.233. The fraction of sp³-hybridized carbons (Fsp3) is 1.00. The standard InChI is InChI=1S/C4H7ClO3.2HNO3/c5-4-3(7)2(6)1-8-4;2*2-1(3)4/h2-4,6-7H,1H2;2*(H,2,3,4). The molecular formula is C4H9ClN2O9. The first-order valence-corrected chi connectivity index (χ1v) is 3.90. The van der Waals surface area contributed by atoms with Crippen LogP contribution in [0.15, 0.2) is 0 Å². The molecule has 12 heteroatoms. The van der Waals surface area contributed by atoms with Gasteiger partial charge in [-0.15, -0.1) is 20.2 Å². The van der Waals surface area contributed by atoms with Gasteiger partial charge >= 0.3 is 0 Å². The molecule has 96 valence electrons. The van der Waals surface area contributed by atoms with E-state index in [2.05, 4.69) is 4.74 Å². The van der Waals surface area contributed by atoms with Crippen LogP contribution in [-0.4, -0.2) is 55.2 Å². The predicted molar refractivity (Wildman–Crippen MR) is 45.2 cm³/mol. The van der Waals surface area contributed by atoms with E-state index in [1.165, 1.54) is 0 Å². The zero-order valence-corrected chi connectivity index (χ0v) is 8.30. The van der Waals surface area contributed by atoms with Crippen LogP contribution in [0.4, 0.5) is 0 Å². The second-order valence-electron chi connectivity index (χ2n) is 2.22. The molecule has 0 aromatic heterocycles. The van der Waals surface area contributed by atoms with E-state index in [1.807, 2.05) is 0 Å². The number of aliphatic hydroxyl groups is 2. The fourth-order valence-electron chi connectivity index (χ4n) is 0.562. The maximum absolute atomic E-state index is 8.76. The lowest BCUT2D eigenvalue weighted by Gasteiger charge is -2.05. The highest BCUT2D eigenvalue weighted by atomic mass is 35.5. The number of halogens is 1. The van der Waals surface area contributed by atoms with Gasteiger partial charge in [0.15, 0.2) is 5.56 Å². The molecule has 4 N–H and O–H groups in total. The summed E-state index contributed by atoms with van der Waals surface area (Å²) >= 11 is 5.33. The van der Waals surface area contributed by atoms with Gasteiger partial charge in [0, 0.05) is 0 Å². The van der Waals surface area contributed by atoms with Crippen LogP contribution >= 0.6 is 11.6 Å². The zero-order chi connectivity index (χ0) is 13.3. The Morgan fingerprint density at radius 2 is 1.50 bits per heavy atom. The van der Waals surface area contributed by atoms with Gasteiger partial charge in [0.25, 0.3) is 10.2 Å². The van der Waals surface area contributed by atoms with Crippen LogP contribution in [0.2, 0.25) is 0 Å². The first kappa shape index (κ1) is 17.0. The molecule has 0 radical (unpaired) electrons. The molecule has 1 saturated heterocycles. The lowest BCUT2D eigenvalue weighted by molar-refractivity contribution is -0.742. The van der Waals surface area contributed by atoms with Gasteiger partial charge < -0.3 is 25.4 Å². The second-order valence-corrected chi connectivity index (χ2v) is 2.65. The Morgan fingerprint density at radius 3 is 1.56 bits per heavy atom. The van der Waals surface area contributed by atoms with Crippen LogP contribution in [0.25, 0.3) is 0 Å². The van der Waals surface area contributed by atoms with E-state index in [9.17, 15) is 0 Å². The highest BCUT2D eigenvalue weighted by Gasteiger charge is 2.32. The van der Waals surface area contributed by atoms with E-state index in [1.54, 1.807) is 0 Å². The van der Waals surface area contributed by atoms with Crippen LogP contribution in [0.1, 0.15) is 0 Å². The minimum Gasteiger partial charge on any atom is -0.388 e. The number of hydrogen-bond donors (Lipinski definition) is 4. The highest BCUT2D eigenvalue weighted by Crippen LogP contribution is 2.16. The predicted octanol–water partition coefficient (Wildman–Crippen LogP) is -1.39. The topological polar surface area (TPSA) is 176 Å². The average Bonchev–Trinajstić information content (AvgIpc) is 2.34. The molecule has 0 aliphatic carbocycles. The molecule has 1 aliphatic heterocycles. The van der Waals surface area contributed by atoms with Crippen molar-refractivity contribution in [2.45, 2.75) is 17.8 Å². The molecule has 3 atom stereocenters. The number of aliphatic hydroxyl groups excluding tert-OH is 2. The van der Waals surface area contributed by atoms with Gasteiger partial charge in [-0.05, 0) is 0 Å². The molecule has 0 aromatic rings. The molecule has 11 nitrogen and oxygen atoms in total. The van der Waals surface area contributed by atoms with Crippen LogP contribution in [0.3, 0.4) is 0 Å². The van der Waals surface area contributed by atoms with Gasteiger partial charge in [-0.3, -0.25) is 0 Å². The van der Waals surface area contributed by atoms with Crippen molar-refractivity contribution in [3.8, 4) is 0 Å². The van der Waals surface area contributed by atoms with Crippen molar-refractivity contribution >= 4 is 11.6 Å². The number of alkyl halides is 1. The second kappa shape index (κ2) is 8.84. The molecule has 3 unspecified atom stereocenters. The molecule has 16 heavy (non-hydrogen) atoms. The van der Waals surface area contributed by atoms with Gasteiger partial charge in [-0.25, -0.2) is 0 Å². The number of rotatable bonds is 0. The van der Waals surface area contributed by atoms with Gasteiger partial charge in [-0.2, -0.15) is 0 Å². The summed E-state index contributed by atoms with van der Waals surface area (Å²) in [7, 11) is 0. The van der Waals surface area contributed by atoms with Crippen molar-refractivity contribution in [3.05, 3.63) is 20.2 Å². The summed E-state index contributed by atoms with van der Waals surface area (Å²) in [4.78, 5) is 16.7. The summed E-state index contributed by atoms with van der Waals surface area (Å²) < 4.78 is 4.64. The number of nitrogens with zero attached hydrogens (tertiary/aromatic N) is 2. The molecule has 0 spiro atoms. The van der Waals surface area contributed by atoms with Crippen LogP contribution in [-0.2, 0) is 4.74 Å². The van der Waals surface area contributed by atoms with Gasteiger partial charge in [0.1, 0.15) is 12.2 Å². The Kier molecular flexibility index (Phi) is 9.39. The summed E-state index contributed by atoms with van der Waals surface area (Å²) in [5, 5.41) is 44.7. The van der Waals surface area contributed by atoms with E-state index < -0.39 is 27.9 Å². The van der Waals surface area contributed by atoms with Crippen LogP contribution in [0, 0.1) is 20.2 Å². The third-order valence-corrected chi connectivity index (χ3v) is 1.47. The summed E-state index contributed by atoms with van der Waals surface area (Å²) in [5.41, 5.74) is -0.731. The van der Waals surface area contributed by atoms with Crippen molar-refractivity contribution in [1.82, 2.24) is 0 Å². The molecule has 1 heterocycles. The van der Waals surface area contributed by atoms with Crippen LogP contribution < -0.4 is 0 Å². The van der Waals surface area contributed by atoms with Crippen molar-refractivity contribution in [2.24, 2.45) is 0 Å². The van der Waals surface area contributed by atoms with Crippen molar-refractivity contribution in [2.75, 3.05) is 6.61 Å². The Labute approximate surface area is 92.6 Å². The smallest absolute Gasteiger partial charge is 0.291 e. The summed E-state index contributed by atoms with van der Waals surface area (Å²) in [6, 6.07) is 0. The third-order valence-electron chi connectivity index (χ3n) is 1.09. The van der Waals surface area contributed by atoms with E-state index in [0.29, 0.717) is 0 Å². The molecule has 1 fully saturated rings. The van der Waals surface area contributed by atoms with Gasteiger partial charge in [-0.1, -0.05) is 11.6 Å². The summed E-state index contributed by atoms with van der Waals surface area (Å²) in [6.07, 6.45) is -1.73. The van der Waals surface area contributed by atoms with Crippen molar-refractivity contribution in [3.63, 3.8) is 0 Å². The van der Waals surface area contributed by atoms with Gasteiger partial charge in [0.05, 0.1) is 6.61 Å². The first-order valence-electron chi connectivity index (χ1n) is 3.46. The van der Waals surface area contributed by atoms with Gasteiger partial charge in [0.2, 0.25) is 0 Å². The number of ether oxygens (including phenoxy) is 1. The highest BCUT2D eigenvalue weighted by molar-refractivity contribution is 6.20. The van der Waals surface area contributed by atoms with E-state index in [-0.39, 0.29) is 6.61 Å². The first-order chi connectivity index (χ1) is 7.18. The SMILES string of the molecule is O=[N+]([O-])O.O=[N+]([O-])O.OC1COC(Cl)C1O. The lowest BCUT2D eigenvalue weighted by Crippen LogP contribution is -2.26. The molecule has 0 amide bonds. The Morgan fingerprint density at radius 1 is 1.19 bits per heavy atom. The van der Waals surface area contributed by atoms with E-state index in [4.69, 9.17) is 52.5 Å². The number of hydrogen-bond acceptors (Lipinski definition) is 7. The Balaban J connectivity index is 0. The van der Waals surface area contributed by atoms with Crippen molar-refractivity contribution in [1.29, 1.82) is 0 Å². The average molecular weight is 265 g/mol. The Hall–Kier alpha value is -1.43. The lowest BCUT2D eigenvalue weighted by atomic mass is 10.3. The molecule has 0 aromatic carbocycles. The van der Waals surface area contributed by atoms with E-state index in [0.717, 1.165) is 0 Å². The largest absolute Gasteiger partial charge is 0.388 e. The fourth-order valence-corrected chi connectivity index (χ4v) is 0.803.